The average Bonchev–Trinajstić information content (AvgIpc) is 2.03. The van der Waals surface area contributed by atoms with Gasteiger partial charge in [-0.1, -0.05) is 33.1 Å². The van der Waals surface area contributed by atoms with E-state index in [4.69, 9.17) is 0 Å². The van der Waals surface area contributed by atoms with Crippen molar-refractivity contribution in [2.24, 2.45) is 5.92 Å². The molecule has 0 saturated heterocycles. The van der Waals surface area contributed by atoms with E-state index in [1.54, 1.807) is 0 Å². The molecule has 0 aromatic heterocycles. The summed E-state index contributed by atoms with van der Waals surface area (Å²) in [5.41, 5.74) is -0.289. The third-order valence-corrected chi connectivity index (χ3v) is 2.97. The molecule has 0 atom stereocenters. The van der Waals surface area contributed by atoms with Crippen molar-refractivity contribution >= 4 is 0 Å². The fourth-order valence-corrected chi connectivity index (χ4v) is 2.02. The first kappa shape index (κ1) is 10.0. The molecular formula is C11H22O. The smallest absolute Gasteiger partial charge is 0.0648 e. The fraction of sp³-hybridized carbons (Fsp3) is 1.00. The van der Waals surface area contributed by atoms with Gasteiger partial charge in [-0.05, 0) is 31.6 Å². The fourth-order valence-electron chi connectivity index (χ4n) is 2.02. The summed E-state index contributed by atoms with van der Waals surface area (Å²) in [6.45, 7) is 4.46. The zero-order valence-electron chi connectivity index (χ0n) is 8.47. The van der Waals surface area contributed by atoms with Crippen LogP contribution in [0.5, 0.6) is 0 Å². The van der Waals surface area contributed by atoms with Crippen LogP contribution in [0.2, 0.25) is 0 Å². The van der Waals surface area contributed by atoms with E-state index in [0.29, 0.717) is 0 Å². The molecule has 12 heavy (non-hydrogen) atoms. The van der Waals surface area contributed by atoms with Gasteiger partial charge in [0, 0.05) is 0 Å². The van der Waals surface area contributed by atoms with Gasteiger partial charge >= 0.3 is 0 Å². The van der Waals surface area contributed by atoms with E-state index < -0.39 is 0 Å². The van der Waals surface area contributed by atoms with E-state index >= 15 is 0 Å². The number of aliphatic hydroxyl groups is 1. The van der Waals surface area contributed by atoms with Gasteiger partial charge in [0.1, 0.15) is 0 Å². The van der Waals surface area contributed by atoms with Crippen molar-refractivity contribution in [2.45, 2.75) is 64.4 Å². The minimum Gasteiger partial charge on any atom is -0.390 e. The summed E-state index contributed by atoms with van der Waals surface area (Å²) in [5.74, 6) is 0.732. The molecule has 1 saturated carbocycles. The first-order valence-electron chi connectivity index (χ1n) is 5.35. The van der Waals surface area contributed by atoms with Gasteiger partial charge in [0.2, 0.25) is 0 Å². The highest BCUT2D eigenvalue weighted by Gasteiger charge is 2.28. The Morgan fingerprint density at radius 2 is 1.75 bits per heavy atom. The maximum absolute atomic E-state index is 10.1. The van der Waals surface area contributed by atoms with Crippen molar-refractivity contribution in [1.29, 1.82) is 0 Å². The lowest BCUT2D eigenvalue weighted by Crippen LogP contribution is -2.31. The number of hydrogen-bond acceptors (Lipinski definition) is 1. The van der Waals surface area contributed by atoms with Gasteiger partial charge in [-0.3, -0.25) is 0 Å². The SMILES string of the molecule is CC(C)CCC1(O)CCCCC1. The molecule has 1 aliphatic rings. The summed E-state index contributed by atoms with van der Waals surface area (Å²) in [6.07, 6.45) is 8.06. The van der Waals surface area contributed by atoms with Gasteiger partial charge in [0.25, 0.3) is 0 Å². The monoisotopic (exact) mass is 170 g/mol. The van der Waals surface area contributed by atoms with Crippen molar-refractivity contribution < 1.29 is 5.11 Å². The topological polar surface area (TPSA) is 20.2 Å². The predicted octanol–water partition coefficient (Wildman–Crippen LogP) is 3.12. The molecule has 0 aromatic carbocycles. The van der Waals surface area contributed by atoms with Crippen LogP contribution in [0.15, 0.2) is 0 Å². The molecule has 1 heteroatoms. The minimum atomic E-state index is -0.289. The van der Waals surface area contributed by atoms with Gasteiger partial charge < -0.3 is 5.11 Å². The summed E-state index contributed by atoms with van der Waals surface area (Å²) in [7, 11) is 0. The molecule has 1 rings (SSSR count). The summed E-state index contributed by atoms with van der Waals surface area (Å²) < 4.78 is 0. The third kappa shape index (κ3) is 3.14. The first-order valence-corrected chi connectivity index (χ1v) is 5.35. The van der Waals surface area contributed by atoms with E-state index in [1.165, 1.54) is 25.7 Å². The van der Waals surface area contributed by atoms with Crippen LogP contribution < -0.4 is 0 Å². The summed E-state index contributed by atoms with van der Waals surface area (Å²) in [5, 5.41) is 10.1. The van der Waals surface area contributed by atoms with Crippen LogP contribution in [0.4, 0.5) is 0 Å². The highest BCUT2D eigenvalue weighted by Crippen LogP contribution is 2.32. The summed E-state index contributed by atoms with van der Waals surface area (Å²) >= 11 is 0. The van der Waals surface area contributed by atoms with Crippen LogP contribution in [-0.2, 0) is 0 Å². The Morgan fingerprint density at radius 3 is 2.25 bits per heavy atom. The van der Waals surface area contributed by atoms with Crippen molar-refractivity contribution in [1.82, 2.24) is 0 Å². The molecule has 1 fully saturated rings. The Morgan fingerprint density at radius 1 is 1.17 bits per heavy atom. The Bertz CT molecular complexity index is 123. The van der Waals surface area contributed by atoms with Crippen molar-refractivity contribution in [3.05, 3.63) is 0 Å². The van der Waals surface area contributed by atoms with Crippen molar-refractivity contribution in [2.75, 3.05) is 0 Å². The van der Waals surface area contributed by atoms with E-state index in [9.17, 15) is 5.11 Å². The second kappa shape index (κ2) is 4.27. The Balaban J connectivity index is 2.26. The molecule has 0 bridgehead atoms. The van der Waals surface area contributed by atoms with Gasteiger partial charge in [0.05, 0.1) is 5.60 Å². The second-order valence-corrected chi connectivity index (χ2v) is 4.72. The molecule has 0 radical (unpaired) electrons. The van der Waals surface area contributed by atoms with Crippen molar-refractivity contribution in [3.63, 3.8) is 0 Å². The van der Waals surface area contributed by atoms with E-state index in [1.807, 2.05) is 0 Å². The Labute approximate surface area is 76.2 Å². The molecule has 0 aliphatic heterocycles. The normalized spacial score (nSPS) is 23.0. The zero-order chi connectivity index (χ0) is 9.03. The molecule has 0 unspecified atom stereocenters. The predicted molar refractivity (Wildman–Crippen MR) is 52.1 cm³/mol. The lowest BCUT2D eigenvalue weighted by atomic mass is 9.80. The zero-order valence-corrected chi connectivity index (χ0v) is 8.47. The van der Waals surface area contributed by atoms with Gasteiger partial charge in [-0.25, -0.2) is 0 Å². The molecule has 0 spiro atoms. The van der Waals surface area contributed by atoms with Crippen LogP contribution in [0.1, 0.15) is 58.8 Å². The Kier molecular flexibility index (Phi) is 3.57. The number of rotatable bonds is 3. The summed E-state index contributed by atoms with van der Waals surface area (Å²) in [4.78, 5) is 0. The van der Waals surface area contributed by atoms with Crippen LogP contribution in [0.25, 0.3) is 0 Å². The molecule has 1 nitrogen and oxygen atoms in total. The maximum atomic E-state index is 10.1. The molecule has 72 valence electrons. The average molecular weight is 170 g/mol. The van der Waals surface area contributed by atoms with E-state index in [2.05, 4.69) is 13.8 Å². The van der Waals surface area contributed by atoms with E-state index in [-0.39, 0.29) is 5.60 Å². The van der Waals surface area contributed by atoms with Gasteiger partial charge in [0.15, 0.2) is 0 Å². The largest absolute Gasteiger partial charge is 0.390 e. The maximum Gasteiger partial charge on any atom is 0.0648 e. The second-order valence-electron chi connectivity index (χ2n) is 4.72. The highest BCUT2D eigenvalue weighted by molar-refractivity contribution is 4.82. The molecular weight excluding hydrogens is 148 g/mol. The van der Waals surface area contributed by atoms with Crippen molar-refractivity contribution in [3.8, 4) is 0 Å². The lowest BCUT2D eigenvalue weighted by Gasteiger charge is -2.32. The van der Waals surface area contributed by atoms with Crippen LogP contribution >= 0.6 is 0 Å². The van der Waals surface area contributed by atoms with Gasteiger partial charge in [-0.15, -0.1) is 0 Å². The van der Waals surface area contributed by atoms with Gasteiger partial charge in [-0.2, -0.15) is 0 Å². The minimum absolute atomic E-state index is 0.289. The lowest BCUT2D eigenvalue weighted by molar-refractivity contribution is -0.00795. The van der Waals surface area contributed by atoms with Crippen LogP contribution in [0, 0.1) is 5.92 Å². The first-order chi connectivity index (χ1) is 5.62. The van der Waals surface area contributed by atoms with Crippen LogP contribution in [-0.4, -0.2) is 10.7 Å². The molecule has 0 amide bonds. The molecule has 1 aliphatic carbocycles. The molecule has 0 heterocycles. The summed E-state index contributed by atoms with van der Waals surface area (Å²) in [6, 6.07) is 0. The van der Waals surface area contributed by atoms with E-state index in [0.717, 1.165) is 25.2 Å². The molecule has 0 aromatic rings. The number of hydrogen-bond donors (Lipinski definition) is 1. The highest BCUT2D eigenvalue weighted by atomic mass is 16.3. The van der Waals surface area contributed by atoms with Crippen LogP contribution in [0.3, 0.4) is 0 Å². The quantitative estimate of drug-likeness (QED) is 0.690. The standard InChI is InChI=1S/C11H22O/c1-10(2)6-9-11(12)7-4-3-5-8-11/h10,12H,3-9H2,1-2H3. The third-order valence-electron chi connectivity index (χ3n) is 2.97. The Hall–Kier alpha value is -0.0400. The molecule has 1 N–H and O–H groups in total.